The number of anilines is 1. The molecule has 202 valence electrons. The molecule has 0 aromatic heterocycles. The van der Waals surface area contributed by atoms with Crippen molar-refractivity contribution in [2.75, 3.05) is 25.6 Å². The number of nitrogens with one attached hydrogen (secondary N) is 1. The zero-order chi connectivity index (χ0) is 27.8. The molecule has 1 heterocycles. The molecule has 3 aromatic carbocycles. The normalized spacial score (nSPS) is 16.2. The van der Waals surface area contributed by atoms with E-state index in [4.69, 9.17) is 14.5 Å². The fourth-order valence-electron chi connectivity index (χ4n) is 3.85. The van der Waals surface area contributed by atoms with Crippen molar-refractivity contribution in [2.24, 2.45) is 4.99 Å². The molecule has 1 unspecified atom stereocenters. The Bertz CT molecular complexity index is 1340. The molecule has 1 atom stereocenters. The van der Waals surface area contributed by atoms with Crippen LogP contribution in [0.3, 0.4) is 0 Å². The predicted octanol–water partition coefficient (Wildman–Crippen LogP) is 5.84. The number of benzene rings is 3. The summed E-state index contributed by atoms with van der Waals surface area (Å²) < 4.78 is 11.2. The van der Waals surface area contributed by atoms with Crippen molar-refractivity contribution in [1.29, 1.82) is 0 Å². The maximum absolute atomic E-state index is 13.3. The Kier molecular flexibility index (Phi) is 9.78. The number of hydrogen-bond donors (Lipinski definition) is 1. The minimum Gasteiger partial charge on any atom is -0.497 e. The van der Waals surface area contributed by atoms with Crippen LogP contribution in [0.15, 0.2) is 82.3 Å². The first-order chi connectivity index (χ1) is 18.9. The van der Waals surface area contributed by atoms with Crippen LogP contribution in [0.4, 0.5) is 11.4 Å². The van der Waals surface area contributed by atoms with Gasteiger partial charge in [0.25, 0.3) is 0 Å². The van der Waals surface area contributed by atoms with Gasteiger partial charge in [0.05, 0.1) is 25.0 Å². The van der Waals surface area contributed by atoms with Crippen molar-refractivity contribution in [1.82, 2.24) is 4.90 Å². The van der Waals surface area contributed by atoms with Gasteiger partial charge in [0.2, 0.25) is 11.8 Å². The van der Waals surface area contributed by atoms with Gasteiger partial charge < -0.3 is 14.8 Å². The fourth-order valence-corrected chi connectivity index (χ4v) is 5.24. The largest absolute Gasteiger partial charge is 0.497 e. The zero-order valence-corrected chi connectivity index (χ0v) is 24.0. The Balaban J connectivity index is 1.55. The van der Waals surface area contributed by atoms with Crippen molar-refractivity contribution in [3.05, 3.63) is 88.4 Å². The highest BCUT2D eigenvalue weighted by Crippen LogP contribution is 2.30. The molecule has 8 nitrogen and oxygen atoms in total. The van der Waals surface area contributed by atoms with Crippen LogP contribution in [-0.4, -0.2) is 53.4 Å². The number of methoxy groups -OCH3 is 1. The van der Waals surface area contributed by atoms with E-state index in [1.807, 2.05) is 36.4 Å². The van der Waals surface area contributed by atoms with E-state index in [9.17, 15) is 14.4 Å². The molecule has 0 saturated carbocycles. The van der Waals surface area contributed by atoms with Crippen molar-refractivity contribution in [2.45, 2.75) is 25.0 Å². The first-order valence-corrected chi connectivity index (χ1v) is 14.1. The zero-order valence-electron chi connectivity index (χ0n) is 21.6. The third kappa shape index (κ3) is 7.70. The number of ether oxygens (including phenoxy) is 2. The lowest BCUT2D eigenvalue weighted by Gasteiger charge is -2.32. The highest BCUT2D eigenvalue weighted by atomic mass is 79.9. The summed E-state index contributed by atoms with van der Waals surface area (Å²) in [6.07, 6.45) is 0.656. The molecule has 0 bridgehead atoms. The molecule has 4 rings (SSSR count). The van der Waals surface area contributed by atoms with Gasteiger partial charge in [-0.15, -0.1) is 0 Å². The van der Waals surface area contributed by atoms with Crippen LogP contribution >= 0.6 is 27.7 Å². The molecule has 10 heteroatoms. The van der Waals surface area contributed by atoms with Gasteiger partial charge in [-0.1, -0.05) is 39.8 Å². The van der Waals surface area contributed by atoms with E-state index in [2.05, 4.69) is 21.2 Å². The van der Waals surface area contributed by atoms with E-state index in [0.717, 1.165) is 15.8 Å². The summed E-state index contributed by atoms with van der Waals surface area (Å²) in [5, 5.41) is 2.68. The molecule has 3 aromatic rings. The first-order valence-electron chi connectivity index (χ1n) is 12.4. The Hall–Kier alpha value is -3.63. The number of aliphatic imine (C=N–C) groups is 1. The number of esters is 1. The Morgan fingerprint density at radius 1 is 1.05 bits per heavy atom. The average molecular weight is 611 g/mol. The fraction of sp³-hybridized carbons (Fsp3) is 0.241. The predicted molar refractivity (Wildman–Crippen MR) is 157 cm³/mol. The number of amidine groups is 1. The Labute approximate surface area is 239 Å². The lowest BCUT2D eigenvalue weighted by molar-refractivity contribution is -0.129. The number of hydrogen-bond acceptors (Lipinski definition) is 7. The number of thioether (sulfide) groups is 1. The van der Waals surface area contributed by atoms with E-state index in [-0.39, 0.29) is 24.8 Å². The van der Waals surface area contributed by atoms with Gasteiger partial charge in [0, 0.05) is 23.1 Å². The molecule has 1 saturated heterocycles. The van der Waals surface area contributed by atoms with Gasteiger partial charge in [-0.05, 0) is 79.6 Å². The minimum atomic E-state index is -0.643. The van der Waals surface area contributed by atoms with Gasteiger partial charge in [0.1, 0.15) is 11.0 Å². The van der Waals surface area contributed by atoms with E-state index in [1.54, 1.807) is 55.3 Å². The maximum atomic E-state index is 13.3. The second kappa shape index (κ2) is 13.4. The molecule has 1 fully saturated rings. The highest BCUT2D eigenvalue weighted by Gasteiger charge is 2.35. The molecule has 1 N–H and O–H groups in total. The smallest absolute Gasteiger partial charge is 0.338 e. The highest BCUT2D eigenvalue weighted by molar-refractivity contribution is 9.10. The molecule has 1 aliphatic heterocycles. The monoisotopic (exact) mass is 609 g/mol. The minimum absolute atomic E-state index is 0.0520. The van der Waals surface area contributed by atoms with E-state index < -0.39 is 11.2 Å². The Morgan fingerprint density at radius 2 is 1.74 bits per heavy atom. The van der Waals surface area contributed by atoms with Crippen molar-refractivity contribution >= 4 is 62.0 Å². The standard InChI is InChI=1S/C29H28BrN3O5S/c1-3-38-28(36)20-6-10-23(11-7-20)32-29-33(17-16-19-4-14-24(37-2)15-5-19)26(34)18-25(39-29)27(35)31-22-12-8-21(30)9-13-22/h4-15,25H,3,16-18H2,1-2H3,(H,31,35). The number of amides is 2. The van der Waals surface area contributed by atoms with Crippen LogP contribution in [-0.2, 0) is 20.7 Å². The summed E-state index contributed by atoms with van der Waals surface area (Å²) in [5.41, 5.74) is 2.66. The van der Waals surface area contributed by atoms with Crippen LogP contribution in [0.1, 0.15) is 29.3 Å². The van der Waals surface area contributed by atoms with Crippen molar-refractivity contribution < 1.29 is 23.9 Å². The molecule has 0 aliphatic carbocycles. The van der Waals surface area contributed by atoms with Crippen LogP contribution < -0.4 is 10.1 Å². The third-order valence-electron chi connectivity index (χ3n) is 5.93. The summed E-state index contributed by atoms with van der Waals surface area (Å²) in [6, 6.07) is 21.6. The number of carbonyl (C=O) groups excluding carboxylic acids is 3. The molecule has 0 radical (unpaired) electrons. The summed E-state index contributed by atoms with van der Waals surface area (Å²) in [5.74, 6) is -0.0998. The number of nitrogens with zero attached hydrogens (tertiary/aromatic N) is 2. The van der Waals surface area contributed by atoms with Crippen LogP contribution in [0.5, 0.6) is 5.75 Å². The summed E-state index contributed by atoms with van der Waals surface area (Å²) in [4.78, 5) is 44.8. The van der Waals surface area contributed by atoms with Crippen LogP contribution in [0, 0.1) is 0 Å². The summed E-state index contributed by atoms with van der Waals surface area (Å²) in [6.45, 7) is 2.44. The second-order valence-electron chi connectivity index (χ2n) is 8.61. The van der Waals surface area contributed by atoms with Crippen LogP contribution in [0.2, 0.25) is 0 Å². The number of halogens is 1. The van der Waals surface area contributed by atoms with E-state index >= 15 is 0 Å². The van der Waals surface area contributed by atoms with Gasteiger partial charge in [0.15, 0.2) is 5.17 Å². The summed E-state index contributed by atoms with van der Waals surface area (Å²) in [7, 11) is 1.62. The van der Waals surface area contributed by atoms with E-state index in [0.29, 0.717) is 35.1 Å². The third-order valence-corrected chi connectivity index (χ3v) is 7.65. The quantitative estimate of drug-likeness (QED) is 0.306. The molecular formula is C29H28BrN3O5S. The van der Waals surface area contributed by atoms with Gasteiger partial charge in [-0.25, -0.2) is 9.79 Å². The maximum Gasteiger partial charge on any atom is 0.338 e. The first kappa shape index (κ1) is 28.4. The lowest BCUT2D eigenvalue weighted by Crippen LogP contribution is -2.46. The lowest BCUT2D eigenvalue weighted by atomic mass is 10.1. The van der Waals surface area contributed by atoms with Gasteiger partial charge in [-0.3, -0.25) is 14.5 Å². The molecule has 39 heavy (non-hydrogen) atoms. The van der Waals surface area contributed by atoms with Crippen LogP contribution in [0.25, 0.3) is 0 Å². The topological polar surface area (TPSA) is 97.3 Å². The number of rotatable bonds is 9. The molecule has 1 aliphatic rings. The van der Waals surface area contributed by atoms with Crippen molar-refractivity contribution in [3.8, 4) is 5.75 Å². The molecule has 0 spiro atoms. The molecule has 2 amide bonds. The number of carbonyl (C=O) groups is 3. The summed E-state index contributed by atoms with van der Waals surface area (Å²) >= 11 is 4.64. The SMILES string of the molecule is CCOC(=O)c1ccc(N=C2SC(C(=O)Nc3ccc(Br)cc3)CC(=O)N2CCc2ccc(OC)cc2)cc1. The van der Waals surface area contributed by atoms with Gasteiger partial charge in [-0.2, -0.15) is 0 Å². The van der Waals surface area contributed by atoms with Gasteiger partial charge >= 0.3 is 5.97 Å². The molecular weight excluding hydrogens is 582 g/mol. The van der Waals surface area contributed by atoms with Crippen molar-refractivity contribution in [3.63, 3.8) is 0 Å². The van der Waals surface area contributed by atoms with E-state index in [1.165, 1.54) is 11.8 Å². The average Bonchev–Trinajstić information content (AvgIpc) is 2.94. The second-order valence-corrected chi connectivity index (χ2v) is 10.7. The Morgan fingerprint density at radius 3 is 2.38 bits per heavy atom.